The van der Waals surface area contributed by atoms with Crippen LogP contribution in [0.25, 0.3) is 11.2 Å². The number of rotatable bonds is 7. The smallest absolute Gasteiger partial charge is 0.328 e. The Morgan fingerprint density at radius 3 is 2.80 bits per heavy atom. The highest BCUT2D eigenvalue weighted by Gasteiger charge is 2.17. The molecule has 0 unspecified atom stereocenters. The lowest BCUT2D eigenvalue weighted by Gasteiger charge is -2.10. The van der Waals surface area contributed by atoms with Gasteiger partial charge in [-0.2, -0.15) is 9.97 Å². The van der Waals surface area contributed by atoms with Crippen LogP contribution in [0, 0.1) is 0 Å². The maximum atomic E-state index is 12.6. The number of H-pyrrole nitrogens is 1. The number of methoxy groups -OCH3 is 1. The molecule has 30 heavy (non-hydrogen) atoms. The summed E-state index contributed by atoms with van der Waals surface area (Å²) >= 11 is 0. The van der Waals surface area contributed by atoms with E-state index in [9.17, 15) is 14.7 Å². The summed E-state index contributed by atoms with van der Waals surface area (Å²) < 4.78 is 6.80. The molecule has 10 heteroatoms. The van der Waals surface area contributed by atoms with Crippen LogP contribution in [-0.2, 0) is 11.3 Å². The topological polar surface area (TPSA) is 134 Å². The van der Waals surface area contributed by atoms with Gasteiger partial charge in [0, 0.05) is 17.3 Å². The number of aromatic nitrogens is 4. The lowest BCUT2D eigenvalue weighted by molar-refractivity contribution is -0.105. The number of nitrogens with zero attached hydrogens (tertiary/aromatic N) is 3. The molecule has 0 saturated carbocycles. The van der Waals surface area contributed by atoms with Gasteiger partial charge in [-0.3, -0.25) is 9.36 Å². The molecule has 10 nitrogen and oxygen atoms in total. The number of ether oxygens (including phenoxy) is 1. The fraction of sp³-hybridized carbons (Fsp3) is 0.100. The van der Waals surface area contributed by atoms with Gasteiger partial charge in [0.05, 0.1) is 13.7 Å². The molecular formula is C20H18N6O4. The zero-order valence-electron chi connectivity index (χ0n) is 15.9. The third-order valence-electron chi connectivity index (χ3n) is 4.44. The van der Waals surface area contributed by atoms with Gasteiger partial charge in [-0.15, -0.1) is 0 Å². The van der Waals surface area contributed by atoms with Crippen LogP contribution in [0.15, 0.2) is 53.3 Å². The molecule has 0 aliphatic heterocycles. The van der Waals surface area contributed by atoms with Gasteiger partial charge in [0.25, 0.3) is 0 Å². The Hall–Kier alpha value is -4.34. The molecule has 152 valence electrons. The number of carbonyl (C=O) groups excluding carboxylic acids is 1. The van der Waals surface area contributed by atoms with E-state index in [1.807, 2.05) is 18.2 Å². The molecule has 0 fully saturated rings. The minimum atomic E-state index is -0.409. The van der Waals surface area contributed by atoms with E-state index < -0.39 is 5.69 Å². The molecule has 0 saturated heterocycles. The van der Waals surface area contributed by atoms with Crippen LogP contribution in [0.5, 0.6) is 11.5 Å². The SMILES string of the molecule is COc1ccccc1Cn1c(=O)[nH]c2c(NC=O)nc(Nc3cccc(O)c3)nc21. The van der Waals surface area contributed by atoms with Crippen molar-refractivity contribution in [1.29, 1.82) is 0 Å². The zero-order valence-corrected chi connectivity index (χ0v) is 15.9. The standard InChI is InChI=1S/C20H18N6O4/c1-30-15-8-3-2-5-12(15)10-26-18-16(23-20(26)29)17(21-11-27)24-19(25-18)22-13-6-4-7-14(28)9-13/h2-9,11,28H,10H2,1H3,(H,23,29)(H2,21,22,24,25,27). The van der Waals surface area contributed by atoms with Crippen molar-refractivity contribution in [3.63, 3.8) is 0 Å². The average molecular weight is 406 g/mol. The van der Waals surface area contributed by atoms with Crippen molar-refractivity contribution < 1.29 is 14.6 Å². The molecule has 0 aliphatic rings. The summed E-state index contributed by atoms with van der Waals surface area (Å²) in [6.07, 6.45) is 0.468. The van der Waals surface area contributed by atoms with Gasteiger partial charge in [-0.25, -0.2) is 4.79 Å². The first kappa shape index (κ1) is 19.0. The molecular weight excluding hydrogens is 388 g/mol. The number of hydrogen-bond acceptors (Lipinski definition) is 7. The van der Waals surface area contributed by atoms with Crippen molar-refractivity contribution in [2.45, 2.75) is 6.54 Å². The first-order chi connectivity index (χ1) is 14.6. The Balaban J connectivity index is 1.82. The first-order valence-electron chi connectivity index (χ1n) is 8.97. The van der Waals surface area contributed by atoms with Crippen molar-refractivity contribution >= 4 is 35.0 Å². The highest BCUT2D eigenvalue weighted by atomic mass is 16.5. The number of phenolic OH excluding ortho intramolecular Hbond substituents is 1. The van der Waals surface area contributed by atoms with Crippen molar-refractivity contribution in [2.75, 3.05) is 17.7 Å². The summed E-state index contributed by atoms with van der Waals surface area (Å²) in [5.41, 5.74) is 1.51. The minimum Gasteiger partial charge on any atom is -0.508 e. The Kier molecular flexibility index (Phi) is 5.04. The van der Waals surface area contributed by atoms with Crippen LogP contribution in [0.1, 0.15) is 5.56 Å². The lowest BCUT2D eigenvalue weighted by Crippen LogP contribution is -2.18. The summed E-state index contributed by atoms with van der Waals surface area (Å²) in [6.45, 7) is 0.200. The highest BCUT2D eigenvalue weighted by Crippen LogP contribution is 2.25. The molecule has 4 N–H and O–H groups in total. The number of imidazole rings is 1. The fourth-order valence-corrected chi connectivity index (χ4v) is 3.11. The Morgan fingerprint density at radius 1 is 1.20 bits per heavy atom. The number of para-hydroxylation sites is 1. The van der Waals surface area contributed by atoms with Crippen LogP contribution in [0.3, 0.4) is 0 Å². The Morgan fingerprint density at radius 2 is 2.03 bits per heavy atom. The number of aromatic hydroxyl groups is 1. The monoisotopic (exact) mass is 406 g/mol. The van der Waals surface area contributed by atoms with E-state index in [0.29, 0.717) is 29.0 Å². The molecule has 2 heterocycles. The lowest BCUT2D eigenvalue weighted by atomic mass is 10.2. The van der Waals surface area contributed by atoms with Gasteiger partial charge in [0.15, 0.2) is 11.5 Å². The van der Waals surface area contributed by atoms with Crippen molar-refractivity contribution in [1.82, 2.24) is 19.5 Å². The molecule has 0 aliphatic carbocycles. The van der Waals surface area contributed by atoms with E-state index in [1.165, 1.54) is 16.7 Å². The normalized spacial score (nSPS) is 10.7. The fourth-order valence-electron chi connectivity index (χ4n) is 3.11. The largest absolute Gasteiger partial charge is 0.508 e. The second-order valence-corrected chi connectivity index (χ2v) is 6.36. The van der Waals surface area contributed by atoms with Crippen LogP contribution in [0.2, 0.25) is 0 Å². The molecule has 0 atom stereocenters. The molecule has 0 bridgehead atoms. The Bertz CT molecular complexity index is 1280. The van der Waals surface area contributed by atoms with Crippen molar-refractivity contribution in [3.05, 3.63) is 64.6 Å². The number of aromatic amines is 1. The molecule has 0 spiro atoms. The van der Waals surface area contributed by atoms with E-state index in [4.69, 9.17) is 4.74 Å². The quantitative estimate of drug-likeness (QED) is 0.346. The third kappa shape index (κ3) is 3.65. The van der Waals surface area contributed by atoms with E-state index in [0.717, 1.165) is 5.56 Å². The summed E-state index contributed by atoms with van der Waals surface area (Å²) in [7, 11) is 1.56. The summed E-state index contributed by atoms with van der Waals surface area (Å²) in [6, 6.07) is 13.8. The number of fused-ring (bicyclic) bond motifs is 1. The van der Waals surface area contributed by atoms with Gasteiger partial charge < -0.3 is 25.5 Å². The van der Waals surface area contributed by atoms with E-state index in [2.05, 4.69) is 25.6 Å². The maximum absolute atomic E-state index is 12.6. The number of anilines is 3. The molecule has 2 aromatic heterocycles. The number of carbonyl (C=O) groups is 1. The minimum absolute atomic E-state index is 0.0713. The molecule has 1 amide bonds. The average Bonchev–Trinajstić information content (AvgIpc) is 3.04. The molecule has 2 aromatic carbocycles. The van der Waals surface area contributed by atoms with Crippen molar-refractivity contribution in [2.24, 2.45) is 0 Å². The summed E-state index contributed by atoms with van der Waals surface area (Å²) in [5.74, 6) is 0.998. The van der Waals surface area contributed by atoms with Gasteiger partial charge in [0.1, 0.15) is 17.0 Å². The molecule has 4 aromatic rings. The summed E-state index contributed by atoms with van der Waals surface area (Å²) in [4.78, 5) is 35.1. The number of benzene rings is 2. The van der Waals surface area contributed by atoms with E-state index in [-0.39, 0.29) is 24.1 Å². The third-order valence-corrected chi connectivity index (χ3v) is 4.44. The van der Waals surface area contributed by atoms with Crippen LogP contribution in [-0.4, -0.2) is 38.1 Å². The number of phenols is 1. The number of hydrogen-bond donors (Lipinski definition) is 4. The number of nitrogens with one attached hydrogen (secondary N) is 3. The highest BCUT2D eigenvalue weighted by molar-refractivity contribution is 5.89. The van der Waals surface area contributed by atoms with Crippen molar-refractivity contribution in [3.8, 4) is 11.5 Å². The molecule has 4 rings (SSSR count). The first-order valence-corrected chi connectivity index (χ1v) is 8.97. The van der Waals surface area contributed by atoms with Gasteiger partial charge in [0.2, 0.25) is 12.4 Å². The van der Waals surface area contributed by atoms with E-state index in [1.54, 1.807) is 25.3 Å². The second-order valence-electron chi connectivity index (χ2n) is 6.36. The summed E-state index contributed by atoms with van der Waals surface area (Å²) in [5, 5.41) is 15.1. The van der Waals surface area contributed by atoms with Crippen LogP contribution >= 0.6 is 0 Å². The van der Waals surface area contributed by atoms with E-state index >= 15 is 0 Å². The van der Waals surface area contributed by atoms with Crippen LogP contribution < -0.4 is 21.1 Å². The zero-order chi connectivity index (χ0) is 21.1. The molecule has 0 radical (unpaired) electrons. The predicted molar refractivity (Wildman–Crippen MR) is 111 cm³/mol. The van der Waals surface area contributed by atoms with Gasteiger partial charge in [-0.1, -0.05) is 24.3 Å². The maximum Gasteiger partial charge on any atom is 0.328 e. The Labute approximate surface area is 170 Å². The predicted octanol–water partition coefficient (Wildman–Crippen LogP) is 2.19. The second kappa shape index (κ2) is 7.95. The van der Waals surface area contributed by atoms with Gasteiger partial charge >= 0.3 is 5.69 Å². The van der Waals surface area contributed by atoms with Gasteiger partial charge in [-0.05, 0) is 18.2 Å². The van der Waals surface area contributed by atoms with Crippen LogP contribution in [0.4, 0.5) is 17.5 Å². The number of amides is 1.